The fourth-order valence-corrected chi connectivity index (χ4v) is 2.52. The Morgan fingerprint density at radius 3 is 2.31 bits per heavy atom. The lowest BCUT2D eigenvalue weighted by Crippen LogP contribution is -2.38. The molecule has 2 N–H and O–H groups in total. The topological polar surface area (TPSA) is 29.3 Å². The maximum Gasteiger partial charge on any atom is 0.00998 e. The minimum atomic E-state index is 0.244. The largest absolute Gasteiger partial charge is 0.327 e. The molecule has 2 heteroatoms. The first-order valence-corrected chi connectivity index (χ1v) is 6.83. The molecule has 0 aliphatic heterocycles. The summed E-state index contributed by atoms with van der Waals surface area (Å²) in [4.78, 5) is 2.47. The molecular formula is C14H30N2. The third-order valence-corrected chi connectivity index (χ3v) is 3.98. The number of hydrogen-bond acceptors (Lipinski definition) is 2. The van der Waals surface area contributed by atoms with Gasteiger partial charge in [-0.15, -0.1) is 0 Å². The van der Waals surface area contributed by atoms with Crippen LogP contribution in [0, 0.1) is 11.3 Å². The van der Waals surface area contributed by atoms with Gasteiger partial charge >= 0.3 is 0 Å². The van der Waals surface area contributed by atoms with Crippen LogP contribution in [0.15, 0.2) is 0 Å². The Kier molecular flexibility index (Phi) is 5.26. The quantitative estimate of drug-likeness (QED) is 0.781. The Morgan fingerprint density at radius 2 is 1.81 bits per heavy atom. The lowest BCUT2D eigenvalue weighted by atomic mass is 9.85. The summed E-state index contributed by atoms with van der Waals surface area (Å²) in [5.74, 6) is 0.955. The maximum absolute atomic E-state index is 6.18. The Bertz CT molecular complexity index is 189. The number of nitrogens with two attached hydrogens (primary N) is 1. The van der Waals surface area contributed by atoms with E-state index in [1.165, 1.54) is 32.2 Å². The Balaban J connectivity index is 2.16. The molecule has 1 saturated carbocycles. The first-order chi connectivity index (χ1) is 7.39. The van der Waals surface area contributed by atoms with E-state index in [4.69, 9.17) is 5.73 Å². The summed E-state index contributed by atoms with van der Waals surface area (Å²) < 4.78 is 0. The maximum atomic E-state index is 6.18. The smallest absolute Gasteiger partial charge is 0.00998 e. The van der Waals surface area contributed by atoms with Crippen LogP contribution in [0.25, 0.3) is 0 Å². The molecule has 1 aliphatic rings. The lowest BCUT2D eigenvalue weighted by Gasteiger charge is -2.29. The highest BCUT2D eigenvalue weighted by Gasteiger charge is 2.21. The first kappa shape index (κ1) is 14.0. The third-order valence-electron chi connectivity index (χ3n) is 3.98. The SMILES string of the molecule is CN(CCC(N)C(C)(C)C)CC1CCCC1. The molecule has 1 aliphatic carbocycles. The fourth-order valence-electron chi connectivity index (χ4n) is 2.52. The van der Waals surface area contributed by atoms with Gasteiger partial charge in [-0.3, -0.25) is 0 Å². The van der Waals surface area contributed by atoms with E-state index in [9.17, 15) is 0 Å². The molecule has 1 rings (SSSR count). The molecule has 0 aromatic carbocycles. The van der Waals surface area contributed by atoms with Crippen LogP contribution in [-0.4, -0.2) is 31.1 Å². The molecule has 0 spiro atoms. The Labute approximate surface area is 102 Å². The van der Waals surface area contributed by atoms with Crippen LogP contribution in [0.4, 0.5) is 0 Å². The highest BCUT2D eigenvalue weighted by Crippen LogP contribution is 2.25. The second-order valence-electron chi connectivity index (χ2n) is 6.67. The molecule has 0 saturated heterocycles. The molecule has 1 unspecified atom stereocenters. The van der Waals surface area contributed by atoms with Crippen LogP contribution in [0.2, 0.25) is 0 Å². The zero-order valence-electron chi connectivity index (χ0n) is 11.6. The van der Waals surface area contributed by atoms with E-state index in [-0.39, 0.29) is 5.41 Å². The molecule has 1 atom stereocenters. The summed E-state index contributed by atoms with van der Waals surface area (Å²) in [6.07, 6.45) is 6.89. The normalized spacial score (nSPS) is 20.6. The van der Waals surface area contributed by atoms with Crippen molar-refractivity contribution in [3.05, 3.63) is 0 Å². The molecule has 1 fully saturated rings. The van der Waals surface area contributed by atoms with Gasteiger partial charge in [-0.25, -0.2) is 0 Å². The van der Waals surface area contributed by atoms with Crippen molar-refractivity contribution < 1.29 is 0 Å². The van der Waals surface area contributed by atoms with Gasteiger partial charge in [0.25, 0.3) is 0 Å². The van der Waals surface area contributed by atoms with Crippen LogP contribution in [0.1, 0.15) is 52.9 Å². The minimum absolute atomic E-state index is 0.244. The van der Waals surface area contributed by atoms with Gasteiger partial charge < -0.3 is 10.6 Å². The molecule has 0 aromatic heterocycles. The highest BCUT2D eigenvalue weighted by atomic mass is 15.1. The second kappa shape index (κ2) is 6.02. The monoisotopic (exact) mass is 226 g/mol. The summed E-state index contributed by atoms with van der Waals surface area (Å²) in [5.41, 5.74) is 6.42. The highest BCUT2D eigenvalue weighted by molar-refractivity contribution is 4.78. The average Bonchev–Trinajstić information content (AvgIpc) is 2.65. The second-order valence-corrected chi connectivity index (χ2v) is 6.67. The van der Waals surface area contributed by atoms with Crippen molar-refractivity contribution in [1.82, 2.24) is 4.90 Å². The zero-order chi connectivity index (χ0) is 12.2. The van der Waals surface area contributed by atoms with Crippen molar-refractivity contribution in [2.75, 3.05) is 20.1 Å². The van der Waals surface area contributed by atoms with E-state index in [1.54, 1.807) is 0 Å². The summed E-state index contributed by atoms with van der Waals surface area (Å²) in [6, 6.07) is 0.318. The van der Waals surface area contributed by atoms with E-state index < -0.39 is 0 Å². The molecular weight excluding hydrogens is 196 g/mol. The summed E-state index contributed by atoms with van der Waals surface area (Å²) in [7, 11) is 2.24. The minimum Gasteiger partial charge on any atom is -0.327 e. The fraction of sp³-hybridized carbons (Fsp3) is 1.00. The Hall–Kier alpha value is -0.0800. The van der Waals surface area contributed by atoms with Crippen LogP contribution in [0.5, 0.6) is 0 Å². The van der Waals surface area contributed by atoms with E-state index in [0.29, 0.717) is 6.04 Å². The van der Waals surface area contributed by atoms with E-state index in [1.807, 2.05) is 0 Å². The number of hydrogen-bond donors (Lipinski definition) is 1. The molecule has 16 heavy (non-hydrogen) atoms. The van der Waals surface area contributed by atoms with Crippen LogP contribution >= 0.6 is 0 Å². The summed E-state index contributed by atoms with van der Waals surface area (Å²) in [5, 5.41) is 0. The molecule has 0 heterocycles. The standard InChI is InChI=1S/C14H30N2/c1-14(2,3)13(15)9-10-16(4)11-12-7-5-6-8-12/h12-13H,5-11,15H2,1-4H3. The van der Waals surface area contributed by atoms with Crippen molar-refractivity contribution in [3.8, 4) is 0 Å². The van der Waals surface area contributed by atoms with Crippen molar-refractivity contribution in [2.45, 2.75) is 58.9 Å². The summed E-state index contributed by atoms with van der Waals surface area (Å²) in [6.45, 7) is 9.11. The van der Waals surface area contributed by atoms with Crippen LogP contribution in [0.3, 0.4) is 0 Å². The van der Waals surface area contributed by atoms with Gasteiger partial charge in [0.2, 0.25) is 0 Å². The first-order valence-electron chi connectivity index (χ1n) is 6.83. The van der Waals surface area contributed by atoms with E-state index in [0.717, 1.165) is 18.9 Å². The molecule has 0 aromatic rings. The molecule has 0 radical (unpaired) electrons. The van der Waals surface area contributed by atoms with Crippen molar-refractivity contribution in [3.63, 3.8) is 0 Å². The number of rotatable bonds is 5. The van der Waals surface area contributed by atoms with Gasteiger partial charge in [0.15, 0.2) is 0 Å². The summed E-state index contributed by atoms with van der Waals surface area (Å²) >= 11 is 0. The molecule has 0 bridgehead atoms. The molecule has 2 nitrogen and oxygen atoms in total. The van der Waals surface area contributed by atoms with Crippen LogP contribution < -0.4 is 5.73 Å². The van der Waals surface area contributed by atoms with E-state index in [2.05, 4.69) is 32.7 Å². The van der Waals surface area contributed by atoms with Gasteiger partial charge in [-0.2, -0.15) is 0 Å². The van der Waals surface area contributed by atoms with Crippen molar-refractivity contribution >= 4 is 0 Å². The van der Waals surface area contributed by atoms with Gasteiger partial charge in [0.05, 0.1) is 0 Å². The van der Waals surface area contributed by atoms with Gasteiger partial charge in [-0.1, -0.05) is 33.6 Å². The average molecular weight is 226 g/mol. The van der Waals surface area contributed by atoms with Crippen molar-refractivity contribution in [1.29, 1.82) is 0 Å². The zero-order valence-corrected chi connectivity index (χ0v) is 11.6. The molecule has 96 valence electrons. The predicted molar refractivity (Wildman–Crippen MR) is 71.5 cm³/mol. The lowest BCUT2D eigenvalue weighted by molar-refractivity contribution is 0.233. The van der Waals surface area contributed by atoms with E-state index >= 15 is 0 Å². The van der Waals surface area contributed by atoms with Gasteiger partial charge in [0.1, 0.15) is 0 Å². The van der Waals surface area contributed by atoms with Gasteiger partial charge in [-0.05, 0) is 44.2 Å². The van der Waals surface area contributed by atoms with Gasteiger partial charge in [0, 0.05) is 12.6 Å². The van der Waals surface area contributed by atoms with Crippen LogP contribution in [-0.2, 0) is 0 Å². The third kappa shape index (κ3) is 4.84. The van der Waals surface area contributed by atoms with Crippen molar-refractivity contribution in [2.24, 2.45) is 17.1 Å². The predicted octanol–water partition coefficient (Wildman–Crippen LogP) is 2.87. The molecule has 0 amide bonds. The Morgan fingerprint density at radius 1 is 1.25 bits per heavy atom. The number of nitrogens with zero attached hydrogens (tertiary/aromatic N) is 1.